The van der Waals surface area contributed by atoms with Gasteiger partial charge in [-0.1, -0.05) is 19.1 Å². The van der Waals surface area contributed by atoms with Gasteiger partial charge in [-0.2, -0.15) is 0 Å². The summed E-state index contributed by atoms with van der Waals surface area (Å²) in [5.41, 5.74) is 2.28. The lowest BCUT2D eigenvalue weighted by Gasteiger charge is -2.43. The van der Waals surface area contributed by atoms with E-state index in [1.807, 2.05) is 6.92 Å². The van der Waals surface area contributed by atoms with Crippen LogP contribution in [0.3, 0.4) is 0 Å². The lowest BCUT2D eigenvalue weighted by atomic mass is 10.0. The topological polar surface area (TPSA) is 26.7 Å². The minimum absolute atomic E-state index is 0.334. The molecule has 1 aliphatic rings. The Hall–Kier alpha value is -1.06. The van der Waals surface area contributed by atoms with Gasteiger partial charge in [-0.3, -0.25) is 4.90 Å². The summed E-state index contributed by atoms with van der Waals surface area (Å²) in [6, 6.07) is 9.53. The van der Waals surface area contributed by atoms with E-state index in [1.54, 1.807) is 0 Å². The lowest BCUT2D eigenvalue weighted by Crippen LogP contribution is -2.55. The van der Waals surface area contributed by atoms with Crippen LogP contribution in [0.4, 0.5) is 5.69 Å². The van der Waals surface area contributed by atoms with Crippen LogP contribution in [-0.2, 0) is 0 Å². The van der Waals surface area contributed by atoms with Crippen molar-refractivity contribution in [1.29, 1.82) is 0 Å². The van der Waals surface area contributed by atoms with Crippen LogP contribution in [0.15, 0.2) is 24.3 Å². The summed E-state index contributed by atoms with van der Waals surface area (Å²) < 4.78 is 0. The minimum Gasteiger partial charge on any atom is -0.388 e. The van der Waals surface area contributed by atoms with E-state index >= 15 is 0 Å². The molecule has 2 unspecified atom stereocenters. The Morgan fingerprint density at radius 3 is 2.16 bits per heavy atom. The third kappa shape index (κ3) is 3.10. The van der Waals surface area contributed by atoms with Gasteiger partial charge in [0.25, 0.3) is 0 Å². The van der Waals surface area contributed by atoms with Gasteiger partial charge in [-0.05, 0) is 45.0 Å². The molecule has 0 spiro atoms. The van der Waals surface area contributed by atoms with Crippen molar-refractivity contribution in [3.05, 3.63) is 29.8 Å². The summed E-state index contributed by atoms with van der Waals surface area (Å²) in [4.78, 5) is 4.88. The maximum atomic E-state index is 9.83. The fourth-order valence-electron chi connectivity index (χ4n) is 2.76. The van der Waals surface area contributed by atoms with Crippen molar-refractivity contribution in [3.63, 3.8) is 0 Å². The summed E-state index contributed by atoms with van der Waals surface area (Å²) in [6.07, 6.45) is 0.432. The van der Waals surface area contributed by atoms with Gasteiger partial charge in [0.1, 0.15) is 0 Å². The highest BCUT2D eigenvalue weighted by atomic mass is 16.3. The second-order valence-corrected chi connectivity index (χ2v) is 5.78. The molecule has 1 aromatic carbocycles. The Labute approximate surface area is 116 Å². The molecule has 0 saturated carbocycles. The second-order valence-electron chi connectivity index (χ2n) is 5.78. The summed E-state index contributed by atoms with van der Waals surface area (Å²) in [5, 5.41) is 9.83. The Morgan fingerprint density at radius 1 is 1.16 bits per heavy atom. The normalized spacial score (nSPS) is 26.5. The fraction of sp³-hybridized carbons (Fsp3) is 0.625. The van der Waals surface area contributed by atoms with Crippen molar-refractivity contribution >= 4 is 5.69 Å². The van der Waals surface area contributed by atoms with Gasteiger partial charge < -0.3 is 10.0 Å². The zero-order valence-corrected chi connectivity index (χ0v) is 12.5. The van der Waals surface area contributed by atoms with E-state index in [4.69, 9.17) is 0 Å². The van der Waals surface area contributed by atoms with E-state index in [1.165, 1.54) is 5.69 Å². The van der Waals surface area contributed by atoms with Gasteiger partial charge in [0.05, 0.1) is 6.10 Å². The smallest absolute Gasteiger partial charge is 0.0787 e. The summed E-state index contributed by atoms with van der Waals surface area (Å²) in [6.45, 7) is 8.69. The zero-order chi connectivity index (χ0) is 14.0. The van der Waals surface area contributed by atoms with Crippen LogP contribution in [0.5, 0.6) is 0 Å². The number of aliphatic hydroxyl groups excluding tert-OH is 1. The molecule has 2 rings (SSSR count). The maximum Gasteiger partial charge on any atom is 0.0787 e. The Bertz CT molecular complexity index is 392. The molecule has 0 amide bonds. The Morgan fingerprint density at radius 2 is 1.68 bits per heavy atom. The average Bonchev–Trinajstić information content (AvgIpc) is 2.43. The highest BCUT2D eigenvalue weighted by Crippen LogP contribution is 2.24. The van der Waals surface area contributed by atoms with Crippen molar-refractivity contribution in [1.82, 2.24) is 4.90 Å². The molecular weight excluding hydrogens is 236 g/mol. The van der Waals surface area contributed by atoms with Gasteiger partial charge in [0.2, 0.25) is 0 Å². The molecule has 1 N–H and O–H groups in total. The lowest BCUT2D eigenvalue weighted by molar-refractivity contribution is 0.169. The first-order valence-corrected chi connectivity index (χ1v) is 7.27. The predicted octanol–water partition coefficient (Wildman–Crippen LogP) is 2.66. The molecule has 3 nitrogen and oxygen atoms in total. The number of likely N-dealkylation sites (N-methyl/N-ethyl adjacent to an activating group) is 1. The quantitative estimate of drug-likeness (QED) is 0.907. The van der Waals surface area contributed by atoms with Crippen molar-refractivity contribution in [2.24, 2.45) is 0 Å². The van der Waals surface area contributed by atoms with E-state index in [2.05, 4.69) is 55.0 Å². The molecule has 1 aliphatic heterocycles. The van der Waals surface area contributed by atoms with Gasteiger partial charge in [-0.25, -0.2) is 0 Å². The van der Waals surface area contributed by atoms with Crippen molar-refractivity contribution < 1.29 is 5.11 Å². The van der Waals surface area contributed by atoms with Gasteiger partial charge in [0, 0.05) is 30.9 Å². The largest absolute Gasteiger partial charge is 0.388 e. The van der Waals surface area contributed by atoms with E-state index < -0.39 is 0 Å². The number of hydrogen-bond acceptors (Lipinski definition) is 3. The van der Waals surface area contributed by atoms with Crippen molar-refractivity contribution in [3.8, 4) is 0 Å². The van der Waals surface area contributed by atoms with E-state index in [0.717, 1.165) is 25.1 Å². The van der Waals surface area contributed by atoms with Crippen LogP contribution in [0, 0.1) is 0 Å². The highest BCUT2D eigenvalue weighted by molar-refractivity contribution is 5.48. The molecule has 0 radical (unpaired) electrons. The second kappa shape index (κ2) is 5.93. The number of rotatable bonds is 3. The maximum absolute atomic E-state index is 9.83. The van der Waals surface area contributed by atoms with Crippen molar-refractivity contribution in [2.75, 3.05) is 25.0 Å². The van der Waals surface area contributed by atoms with Crippen LogP contribution in [0.2, 0.25) is 0 Å². The molecule has 1 saturated heterocycles. The van der Waals surface area contributed by atoms with Crippen LogP contribution >= 0.6 is 0 Å². The molecule has 19 heavy (non-hydrogen) atoms. The monoisotopic (exact) mass is 262 g/mol. The van der Waals surface area contributed by atoms with E-state index in [0.29, 0.717) is 12.1 Å². The molecule has 3 atom stereocenters. The Balaban J connectivity index is 2.10. The van der Waals surface area contributed by atoms with Gasteiger partial charge in [0.15, 0.2) is 0 Å². The van der Waals surface area contributed by atoms with Crippen LogP contribution < -0.4 is 4.90 Å². The molecular formula is C16H26N2O. The molecule has 3 heteroatoms. The minimum atomic E-state index is -0.334. The molecule has 1 fully saturated rings. The fourth-order valence-corrected chi connectivity index (χ4v) is 2.76. The predicted molar refractivity (Wildman–Crippen MR) is 80.6 cm³/mol. The summed E-state index contributed by atoms with van der Waals surface area (Å²) >= 11 is 0. The molecule has 0 aliphatic carbocycles. The summed E-state index contributed by atoms with van der Waals surface area (Å²) in [5.74, 6) is 0. The number of piperazine rings is 1. The van der Waals surface area contributed by atoms with E-state index in [9.17, 15) is 5.11 Å². The number of nitrogens with zero attached hydrogens (tertiary/aromatic N) is 2. The van der Waals surface area contributed by atoms with Crippen LogP contribution in [-0.4, -0.2) is 42.2 Å². The molecule has 1 heterocycles. The SMILES string of the molecule is CC[C@@H](O)c1ccc(N2CC(C)N(C)C(C)C2)cc1. The van der Waals surface area contributed by atoms with Gasteiger partial charge >= 0.3 is 0 Å². The molecule has 0 aromatic heterocycles. The number of hydrogen-bond donors (Lipinski definition) is 1. The first-order valence-electron chi connectivity index (χ1n) is 7.27. The van der Waals surface area contributed by atoms with Crippen molar-refractivity contribution in [2.45, 2.75) is 45.4 Å². The third-order valence-electron chi connectivity index (χ3n) is 4.39. The number of benzene rings is 1. The van der Waals surface area contributed by atoms with Crippen LogP contribution in [0.1, 0.15) is 38.9 Å². The standard InChI is InChI=1S/C16H26N2O/c1-5-16(19)14-6-8-15(9-7-14)18-10-12(2)17(4)13(3)11-18/h6-9,12-13,16,19H,5,10-11H2,1-4H3/t12?,13?,16-/m1/s1. The number of anilines is 1. The van der Waals surface area contributed by atoms with Gasteiger partial charge in [-0.15, -0.1) is 0 Å². The summed E-state index contributed by atoms with van der Waals surface area (Å²) in [7, 11) is 2.20. The highest BCUT2D eigenvalue weighted by Gasteiger charge is 2.26. The molecule has 0 bridgehead atoms. The number of aliphatic hydroxyl groups is 1. The third-order valence-corrected chi connectivity index (χ3v) is 4.39. The Kier molecular flexibility index (Phi) is 4.48. The molecule has 1 aromatic rings. The zero-order valence-electron chi connectivity index (χ0n) is 12.5. The van der Waals surface area contributed by atoms with E-state index in [-0.39, 0.29) is 6.10 Å². The van der Waals surface area contributed by atoms with Crippen LogP contribution in [0.25, 0.3) is 0 Å². The first-order chi connectivity index (χ1) is 9.02. The first kappa shape index (κ1) is 14.4. The molecule has 106 valence electrons. The average molecular weight is 262 g/mol.